The first-order valence-corrected chi connectivity index (χ1v) is 5.99. The zero-order valence-electron chi connectivity index (χ0n) is 9.44. The van der Waals surface area contributed by atoms with Crippen molar-refractivity contribution >= 4 is 15.9 Å². The molecule has 0 fully saturated rings. The molecule has 3 nitrogen and oxygen atoms in total. The van der Waals surface area contributed by atoms with Crippen molar-refractivity contribution in [1.29, 1.82) is 5.26 Å². The van der Waals surface area contributed by atoms with Gasteiger partial charge >= 0.3 is 12.5 Å². The quantitative estimate of drug-likeness (QED) is 0.603. The summed E-state index contributed by atoms with van der Waals surface area (Å²) in [6.45, 7) is 0. The topological polar surface area (TPSA) is 45.9 Å². The van der Waals surface area contributed by atoms with Crippen LogP contribution in [0.3, 0.4) is 0 Å². The number of aromatic nitrogens is 1. The van der Waals surface area contributed by atoms with Gasteiger partial charge in [0, 0.05) is 10.9 Å². The summed E-state index contributed by atoms with van der Waals surface area (Å²) in [4.78, 5) is 3.12. The fraction of sp³-hybridized carbons (Fsp3) is 0.400. The molecule has 0 saturated carbocycles. The first-order chi connectivity index (χ1) is 9.08. The normalized spacial score (nSPS) is 12.1. The maximum atomic E-state index is 12.7. The number of ether oxygens (including phenoxy) is 1. The molecule has 0 aliphatic rings. The molecule has 0 aliphatic heterocycles. The summed E-state index contributed by atoms with van der Waals surface area (Å²) in [5, 5.41) is 8.08. The molecule has 1 heterocycles. The molecule has 1 aromatic heterocycles. The van der Waals surface area contributed by atoms with Crippen LogP contribution in [-0.2, 0) is 17.9 Å². The molecule has 0 bridgehead atoms. The molecule has 1 rings (SSSR count). The third-order valence-corrected chi connectivity index (χ3v) is 2.56. The van der Waals surface area contributed by atoms with Crippen molar-refractivity contribution in [3.63, 3.8) is 0 Å². The SMILES string of the molecule is N#CCc1cc(OC(F)(F)F)c(CBr)nc1C(F)(F)F. The second-order valence-electron chi connectivity index (χ2n) is 3.46. The highest BCUT2D eigenvalue weighted by atomic mass is 79.9. The third kappa shape index (κ3) is 4.26. The van der Waals surface area contributed by atoms with Crippen LogP contribution in [0.4, 0.5) is 26.3 Å². The van der Waals surface area contributed by atoms with Gasteiger partial charge < -0.3 is 4.74 Å². The predicted octanol–water partition coefficient (Wildman–Crippen LogP) is 3.96. The van der Waals surface area contributed by atoms with Crippen LogP contribution < -0.4 is 4.74 Å². The van der Waals surface area contributed by atoms with Crippen molar-refractivity contribution < 1.29 is 31.1 Å². The highest BCUT2D eigenvalue weighted by molar-refractivity contribution is 9.08. The minimum absolute atomic E-state index is 0.367. The second-order valence-corrected chi connectivity index (χ2v) is 4.02. The monoisotopic (exact) mass is 362 g/mol. The van der Waals surface area contributed by atoms with E-state index in [1.54, 1.807) is 0 Å². The van der Waals surface area contributed by atoms with Crippen molar-refractivity contribution in [2.24, 2.45) is 0 Å². The van der Waals surface area contributed by atoms with Crippen molar-refractivity contribution in [1.82, 2.24) is 4.98 Å². The minimum Gasteiger partial charge on any atom is -0.404 e. The number of hydrogen-bond donors (Lipinski definition) is 0. The van der Waals surface area contributed by atoms with E-state index >= 15 is 0 Å². The number of nitriles is 1. The third-order valence-electron chi connectivity index (χ3n) is 2.03. The number of hydrogen-bond acceptors (Lipinski definition) is 3. The molecule has 110 valence electrons. The van der Waals surface area contributed by atoms with Gasteiger partial charge in [0.2, 0.25) is 0 Å². The van der Waals surface area contributed by atoms with E-state index in [1.807, 2.05) is 0 Å². The molecule has 0 amide bonds. The van der Waals surface area contributed by atoms with Gasteiger partial charge in [0.1, 0.15) is 5.69 Å². The van der Waals surface area contributed by atoms with Crippen LogP contribution in [0.15, 0.2) is 6.07 Å². The van der Waals surface area contributed by atoms with E-state index in [0.717, 1.165) is 0 Å². The molecule has 0 aromatic carbocycles. The minimum atomic E-state index is -5.07. The van der Waals surface area contributed by atoms with E-state index in [1.165, 1.54) is 6.07 Å². The highest BCUT2D eigenvalue weighted by Gasteiger charge is 2.38. The summed E-state index contributed by atoms with van der Waals surface area (Å²) in [5.41, 5.74) is -2.64. The Balaban J connectivity index is 3.41. The van der Waals surface area contributed by atoms with E-state index in [-0.39, 0.29) is 5.33 Å². The summed E-state index contributed by atoms with van der Waals surface area (Å²) in [6.07, 6.45) is -10.7. The lowest BCUT2D eigenvalue weighted by Crippen LogP contribution is -2.20. The second kappa shape index (κ2) is 5.87. The van der Waals surface area contributed by atoms with Gasteiger partial charge in [-0.15, -0.1) is 13.2 Å². The molecule has 0 radical (unpaired) electrons. The Labute approximate surface area is 117 Å². The van der Waals surface area contributed by atoms with Crippen LogP contribution in [0.2, 0.25) is 0 Å². The highest BCUT2D eigenvalue weighted by Crippen LogP contribution is 2.35. The van der Waals surface area contributed by atoms with Crippen LogP contribution >= 0.6 is 15.9 Å². The standard InChI is InChI=1S/C10H5BrF6N2O/c11-4-6-7(20-10(15,16)17)3-5(1-2-18)8(19-6)9(12,13)14/h3H,1,4H2. The van der Waals surface area contributed by atoms with Gasteiger partial charge in [-0.3, -0.25) is 0 Å². The molecular weight excluding hydrogens is 358 g/mol. The molecule has 0 atom stereocenters. The van der Waals surface area contributed by atoms with Gasteiger partial charge in [0.15, 0.2) is 5.75 Å². The first kappa shape index (κ1) is 16.6. The van der Waals surface area contributed by atoms with Gasteiger partial charge in [0.05, 0.1) is 18.2 Å². The zero-order chi connectivity index (χ0) is 15.6. The maximum Gasteiger partial charge on any atom is 0.573 e. The van der Waals surface area contributed by atoms with E-state index in [2.05, 4.69) is 25.7 Å². The average Bonchev–Trinajstić information content (AvgIpc) is 2.26. The van der Waals surface area contributed by atoms with Gasteiger partial charge in [0.25, 0.3) is 0 Å². The van der Waals surface area contributed by atoms with Crippen LogP contribution in [-0.4, -0.2) is 11.3 Å². The number of pyridine rings is 1. The molecule has 20 heavy (non-hydrogen) atoms. The van der Waals surface area contributed by atoms with Crippen LogP contribution in [0.5, 0.6) is 5.75 Å². The Hall–Kier alpha value is -1.50. The Bertz CT molecular complexity index is 534. The van der Waals surface area contributed by atoms with Crippen molar-refractivity contribution in [3.8, 4) is 11.8 Å². The van der Waals surface area contributed by atoms with Crippen LogP contribution in [0.25, 0.3) is 0 Å². The van der Waals surface area contributed by atoms with Crippen molar-refractivity contribution in [2.75, 3.05) is 0 Å². The molecular formula is C10H5BrF6N2O. The smallest absolute Gasteiger partial charge is 0.404 e. The van der Waals surface area contributed by atoms with Crippen molar-refractivity contribution in [3.05, 3.63) is 23.0 Å². The maximum absolute atomic E-state index is 12.7. The van der Waals surface area contributed by atoms with Gasteiger partial charge in [-0.1, -0.05) is 15.9 Å². The largest absolute Gasteiger partial charge is 0.573 e. The number of alkyl halides is 7. The van der Waals surface area contributed by atoms with E-state index < -0.39 is 41.7 Å². The Morgan fingerprint density at radius 2 is 1.85 bits per heavy atom. The summed E-state index contributed by atoms with van der Waals surface area (Å²) < 4.78 is 78.2. The Morgan fingerprint density at radius 1 is 1.25 bits per heavy atom. The van der Waals surface area contributed by atoms with E-state index in [0.29, 0.717) is 6.07 Å². The van der Waals surface area contributed by atoms with Gasteiger partial charge in [-0.2, -0.15) is 18.4 Å². The molecule has 0 N–H and O–H groups in total. The number of halogens is 7. The Kier molecular flexibility index (Phi) is 4.86. The average molecular weight is 363 g/mol. The fourth-order valence-corrected chi connectivity index (χ4v) is 1.75. The summed E-state index contributed by atoms with van der Waals surface area (Å²) in [5.74, 6) is -0.868. The van der Waals surface area contributed by atoms with Gasteiger partial charge in [-0.05, 0) is 6.07 Å². The van der Waals surface area contributed by atoms with E-state index in [4.69, 9.17) is 5.26 Å². The Morgan fingerprint density at radius 3 is 2.25 bits per heavy atom. The molecule has 1 aromatic rings. The van der Waals surface area contributed by atoms with Crippen LogP contribution in [0, 0.1) is 11.3 Å². The van der Waals surface area contributed by atoms with Crippen LogP contribution in [0.1, 0.15) is 17.0 Å². The van der Waals surface area contributed by atoms with E-state index in [9.17, 15) is 26.3 Å². The molecule has 0 spiro atoms. The zero-order valence-corrected chi connectivity index (χ0v) is 11.0. The summed E-state index contributed by atoms with van der Waals surface area (Å²) in [6, 6.07) is 1.97. The van der Waals surface area contributed by atoms with Crippen molar-refractivity contribution in [2.45, 2.75) is 24.3 Å². The predicted molar refractivity (Wildman–Crippen MR) is 57.9 cm³/mol. The lowest BCUT2D eigenvalue weighted by Gasteiger charge is -2.16. The fourth-order valence-electron chi connectivity index (χ4n) is 1.35. The summed E-state index contributed by atoms with van der Waals surface area (Å²) >= 11 is 2.74. The first-order valence-electron chi connectivity index (χ1n) is 4.87. The molecule has 0 unspecified atom stereocenters. The molecule has 10 heteroatoms. The molecule has 0 aliphatic carbocycles. The summed E-state index contributed by atoms with van der Waals surface area (Å²) in [7, 11) is 0. The van der Waals surface area contributed by atoms with Gasteiger partial charge in [-0.25, -0.2) is 4.98 Å². The number of rotatable bonds is 3. The lowest BCUT2D eigenvalue weighted by atomic mass is 10.1. The lowest BCUT2D eigenvalue weighted by molar-refractivity contribution is -0.275. The number of nitrogens with zero attached hydrogens (tertiary/aromatic N) is 2. The molecule has 0 saturated heterocycles.